The predicted molar refractivity (Wildman–Crippen MR) is 104 cm³/mol. The number of likely N-dealkylation sites (N-methyl/N-ethyl adjacent to an activating group) is 1. The molecule has 0 N–H and O–H groups in total. The van der Waals surface area contributed by atoms with Gasteiger partial charge in [0.05, 0.1) is 6.54 Å². The van der Waals surface area contributed by atoms with Crippen LogP contribution in [0.25, 0.3) is 0 Å². The number of ether oxygens (including phenoxy) is 1. The van der Waals surface area contributed by atoms with Crippen molar-refractivity contribution in [3.05, 3.63) is 72.1 Å². The predicted octanol–water partition coefficient (Wildman–Crippen LogP) is 4.67. The third kappa shape index (κ3) is 7.14. The van der Waals surface area contributed by atoms with Gasteiger partial charge in [-0.05, 0) is 38.5 Å². The first-order valence-electron chi connectivity index (χ1n) is 8.45. The molecule has 0 bridgehead atoms. The fourth-order valence-electron chi connectivity index (χ4n) is 2.11. The molecule has 0 saturated carbocycles. The van der Waals surface area contributed by atoms with Gasteiger partial charge in [0.2, 0.25) is 0 Å². The maximum atomic E-state index is 6.02. The monoisotopic (exact) mass is 334 g/mol. The molecule has 0 radical (unpaired) electrons. The van der Waals surface area contributed by atoms with E-state index >= 15 is 0 Å². The van der Waals surface area contributed by atoms with Gasteiger partial charge >= 0.3 is 0 Å². The number of hydrogen-bond donors (Lipinski definition) is 0. The highest BCUT2D eigenvalue weighted by Gasteiger charge is 2.07. The molecule has 0 fully saturated rings. The van der Waals surface area contributed by atoms with Crippen molar-refractivity contribution < 1.29 is 4.74 Å². The molecule has 0 spiro atoms. The van der Waals surface area contributed by atoms with E-state index in [1.54, 1.807) is 6.20 Å². The molecule has 0 aliphatic carbocycles. The second-order valence-electron chi connectivity index (χ2n) is 6.95. The van der Waals surface area contributed by atoms with Gasteiger partial charge in [-0.3, -0.25) is 0 Å². The number of rotatable bonds is 6. The van der Waals surface area contributed by atoms with Gasteiger partial charge in [0.15, 0.2) is 0 Å². The van der Waals surface area contributed by atoms with Crippen molar-refractivity contribution in [1.29, 1.82) is 0 Å². The van der Waals surface area contributed by atoms with Crippen LogP contribution in [-0.4, -0.2) is 18.6 Å². The molecule has 1 heterocycles. The topological polar surface area (TPSA) is 25.4 Å². The van der Waals surface area contributed by atoms with Crippen LogP contribution < -0.4 is 4.90 Å². The van der Waals surface area contributed by atoms with E-state index in [1.165, 1.54) is 0 Å². The van der Waals surface area contributed by atoms with Gasteiger partial charge in [-0.25, -0.2) is 4.98 Å². The molecule has 0 aliphatic rings. The summed E-state index contributed by atoms with van der Waals surface area (Å²) in [4.78, 5) is 6.43. The molecule has 0 amide bonds. The van der Waals surface area contributed by atoms with Crippen LogP contribution in [0.1, 0.15) is 26.3 Å². The Morgan fingerprint density at radius 3 is 2.48 bits per heavy atom. The van der Waals surface area contributed by atoms with E-state index in [-0.39, 0.29) is 5.41 Å². The van der Waals surface area contributed by atoms with E-state index in [9.17, 15) is 0 Å². The minimum atomic E-state index is -0.0338. The lowest BCUT2D eigenvalue weighted by Gasteiger charge is -2.20. The summed E-state index contributed by atoms with van der Waals surface area (Å²) in [5.74, 6) is 8.09. The second-order valence-corrected chi connectivity index (χ2v) is 6.95. The Kier molecular flexibility index (Phi) is 6.65. The summed E-state index contributed by atoms with van der Waals surface area (Å²) in [6.45, 7) is 7.43. The molecular formula is C22H26N2O. The first-order chi connectivity index (χ1) is 11.9. The number of hydrogen-bond acceptors (Lipinski definition) is 3. The zero-order chi connectivity index (χ0) is 18.1. The van der Waals surface area contributed by atoms with Gasteiger partial charge < -0.3 is 9.64 Å². The summed E-state index contributed by atoms with van der Waals surface area (Å²) in [6.07, 6.45) is 3.66. The molecule has 0 aliphatic heterocycles. The Labute approximate surface area is 151 Å². The van der Waals surface area contributed by atoms with Crippen LogP contribution in [0, 0.1) is 17.3 Å². The van der Waals surface area contributed by atoms with Gasteiger partial charge in [-0.15, -0.1) is 0 Å². The highest BCUT2D eigenvalue weighted by atomic mass is 16.5. The van der Waals surface area contributed by atoms with Crippen molar-refractivity contribution in [3.8, 4) is 11.8 Å². The Balaban J connectivity index is 2.10. The molecule has 2 aromatic rings. The maximum absolute atomic E-state index is 6.02. The summed E-state index contributed by atoms with van der Waals surface area (Å²) in [5, 5.41) is 0. The van der Waals surface area contributed by atoms with Gasteiger partial charge in [-0.2, -0.15) is 0 Å². The van der Waals surface area contributed by atoms with E-state index in [1.807, 2.05) is 49.5 Å². The number of pyridine rings is 1. The van der Waals surface area contributed by atoms with Crippen LogP contribution in [0.3, 0.4) is 0 Å². The summed E-state index contributed by atoms with van der Waals surface area (Å²) >= 11 is 0. The second kappa shape index (κ2) is 8.94. The van der Waals surface area contributed by atoms with E-state index in [4.69, 9.17) is 4.74 Å². The first-order valence-corrected chi connectivity index (χ1v) is 8.45. The fraction of sp³-hybridized carbons (Fsp3) is 0.318. The van der Waals surface area contributed by atoms with Gasteiger partial charge in [0.1, 0.15) is 18.2 Å². The highest BCUT2D eigenvalue weighted by molar-refractivity contribution is 5.38. The molecule has 3 heteroatoms. The number of allylic oxidation sites excluding steroid dienone is 1. The number of nitrogens with zero attached hydrogens (tertiary/aromatic N) is 2. The van der Waals surface area contributed by atoms with Crippen LogP contribution in [0.4, 0.5) is 5.82 Å². The van der Waals surface area contributed by atoms with Crippen molar-refractivity contribution in [3.63, 3.8) is 0 Å². The number of aromatic nitrogens is 1. The third-order valence-electron chi connectivity index (χ3n) is 3.38. The molecule has 1 aromatic heterocycles. The lowest BCUT2D eigenvalue weighted by atomic mass is 9.98. The largest absolute Gasteiger partial charge is 0.491 e. The first kappa shape index (κ1) is 18.6. The van der Waals surface area contributed by atoms with E-state index in [0.717, 1.165) is 17.1 Å². The Bertz CT molecular complexity index is 734. The third-order valence-corrected chi connectivity index (χ3v) is 3.38. The molecule has 0 saturated heterocycles. The molecular weight excluding hydrogens is 308 g/mol. The summed E-state index contributed by atoms with van der Waals surface area (Å²) in [7, 11) is 2.00. The molecule has 3 nitrogen and oxygen atoms in total. The fourth-order valence-corrected chi connectivity index (χ4v) is 2.11. The summed E-state index contributed by atoms with van der Waals surface area (Å²) < 4.78 is 6.02. The summed E-state index contributed by atoms with van der Waals surface area (Å²) in [5.41, 5.74) is 1.10. The van der Waals surface area contributed by atoms with Crippen LogP contribution >= 0.6 is 0 Å². The molecule has 1 aromatic carbocycles. The average Bonchev–Trinajstić information content (AvgIpc) is 2.60. The normalized spacial score (nSPS) is 11.4. The van der Waals surface area contributed by atoms with Crippen molar-refractivity contribution >= 4 is 5.82 Å². The standard InChI is InChI=1S/C22H26N2O/c1-22(2,3)15-10-13-20(25-18-19-11-6-5-7-12-19)17-24(4)21-14-8-9-16-23-21/h5-9,11-14,16H,17-18H2,1-4H3. The molecule has 130 valence electrons. The summed E-state index contributed by atoms with van der Waals surface area (Å²) in [6, 6.07) is 16.0. The quantitative estimate of drug-likeness (QED) is 0.567. The number of benzene rings is 1. The zero-order valence-corrected chi connectivity index (χ0v) is 15.5. The Morgan fingerprint density at radius 1 is 1.12 bits per heavy atom. The lowest BCUT2D eigenvalue weighted by Crippen LogP contribution is -2.22. The van der Waals surface area contributed by atoms with Crippen molar-refractivity contribution in [2.75, 3.05) is 18.5 Å². The minimum Gasteiger partial charge on any atom is -0.491 e. The Hall–Kier alpha value is -2.73. The highest BCUT2D eigenvalue weighted by Crippen LogP contribution is 2.13. The lowest BCUT2D eigenvalue weighted by molar-refractivity contribution is 0.195. The smallest absolute Gasteiger partial charge is 0.128 e. The van der Waals surface area contributed by atoms with Gasteiger partial charge in [0, 0.05) is 24.7 Å². The number of anilines is 1. The van der Waals surface area contributed by atoms with E-state index in [2.05, 4.69) is 54.6 Å². The maximum Gasteiger partial charge on any atom is 0.128 e. The SMILES string of the molecule is CN(CC(=CC#CC(C)(C)C)OCc1ccccc1)c1ccccn1. The molecule has 25 heavy (non-hydrogen) atoms. The van der Waals surface area contributed by atoms with Crippen molar-refractivity contribution in [1.82, 2.24) is 4.98 Å². The van der Waals surface area contributed by atoms with Crippen LogP contribution in [0.15, 0.2) is 66.6 Å². The molecule has 2 rings (SSSR count). The van der Waals surface area contributed by atoms with Crippen LogP contribution in [-0.2, 0) is 11.3 Å². The van der Waals surface area contributed by atoms with Crippen LogP contribution in [0.2, 0.25) is 0 Å². The average molecular weight is 334 g/mol. The molecule has 0 unspecified atom stereocenters. The van der Waals surface area contributed by atoms with Crippen molar-refractivity contribution in [2.45, 2.75) is 27.4 Å². The van der Waals surface area contributed by atoms with Crippen molar-refractivity contribution in [2.24, 2.45) is 5.41 Å². The van der Waals surface area contributed by atoms with E-state index in [0.29, 0.717) is 13.2 Å². The Morgan fingerprint density at radius 2 is 1.84 bits per heavy atom. The van der Waals surface area contributed by atoms with E-state index < -0.39 is 0 Å². The van der Waals surface area contributed by atoms with Crippen LogP contribution in [0.5, 0.6) is 0 Å². The molecule has 0 atom stereocenters. The minimum absolute atomic E-state index is 0.0338. The van der Waals surface area contributed by atoms with Gasteiger partial charge in [-0.1, -0.05) is 48.2 Å². The zero-order valence-electron chi connectivity index (χ0n) is 15.5. The van der Waals surface area contributed by atoms with Gasteiger partial charge in [0.25, 0.3) is 0 Å².